The lowest BCUT2D eigenvalue weighted by Crippen LogP contribution is -2.34. The highest BCUT2D eigenvalue weighted by molar-refractivity contribution is 5.35. The third-order valence-electron chi connectivity index (χ3n) is 2.85. The monoisotopic (exact) mass is 210 g/mol. The number of hydrogen-bond acceptors (Lipinski definition) is 2. The van der Waals surface area contributed by atoms with Crippen molar-refractivity contribution < 1.29 is 14.2 Å². The Balaban J connectivity index is 2.16. The summed E-state index contributed by atoms with van der Waals surface area (Å²) in [5.41, 5.74) is 0.898. The Morgan fingerprint density at radius 1 is 1.60 bits per heavy atom. The molecule has 0 aliphatic carbocycles. The van der Waals surface area contributed by atoms with E-state index in [2.05, 4.69) is 0 Å². The van der Waals surface area contributed by atoms with Gasteiger partial charge >= 0.3 is 0 Å². The molecule has 0 spiro atoms. The summed E-state index contributed by atoms with van der Waals surface area (Å²) in [6.07, 6.45) is 1.64. The highest BCUT2D eigenvalue weighted by Crippen LogP contribution is 2.29. The first kappa shape index (κ1) is 10.4. The lowest BCUT2D eigenvalue weighted by Gasteiger charge is -2.29. The number of aliphatic hydroxyl groups is 1. The second-order valence-electron chi connectivity index (χ2n) is 3.92. The van der Waals surface area contributed by atoms with E-state index < -0.39 is 6.10 Å². The molecule has 15 heavy (non-hydrogen) atoms. The van der Waals surface area contributed by atoms with Crippen molar-refractivity contribution in [2.75, 3.05) is 0 Å². The van der Waals surface area contributed by atoms with Crippen molar-refractivity contribution in [2.45, 2.75) is 38.4 Å². The van der Waals surface area contributed by atoms with E-state index in [0.717, 1.165) is 18.4 Å². The summed E-state index contributed by atoms with van der Waals surface area (Å²) >= 11 is 0. The van der Waals surface area contributed by atoms with Gasteiger partial charge in [0.15, 0.2) is 0 Å². The first-order chi connectivity index (χ1) is 7.20. The van der Waals surface area contributed by atoms with Crippen molar-refractivity contribution in [3.63, 3.8) is 0 Å². The number of benzene rings is 1. The Kier molecular flexibility index (Phi) is 2.91. The number of halogens is 1. The van der Waals surface area contributed by atoms with Crippen molar-refractivity contribution in [2.24, 2.45) is 0 Å². The fraction of sp³-hybridized carbons (Fsp3) is 0.500. The molecule has 0 saturated heterocycles. The Labute approximate surface area is 88.7 Å². The van der Waals surface area contributed by atoms with Gasteiger partial charge in [-0.3, -0.25) is 0 Å². The number of rotatable bonds is 2. The van der Waals surface area contributed by atoms with Gasteiger partial charge in [-0.05, 0) is 43.0 Å². The quantitative estimate of drug-likeness (QED) is 0.811. The van der Waals surface area contributed by atoms with Gasteiger partial charge in [-0.15, -0.1) is 0 Å². The van der Waals surface area contributed by atoms with Gasteiger partial charge in [-0.2, -0.15) is 0 Å². The summed E-state index contributed by atoms with van der Waals surface area (Å²) in [6, 6.07) is 4.53. The van der Waals surface area contributed by atoms with Crippen LogP contribution in [0.5, 0.6) is 5.75 Å². The number of fused-ring (bicyclic) bond motifs is 1. The highest BCUT2D eigenvalue weighted by Gasteiger charge is 2.25. The van der Waals surface area contributed by atoms with Crippen LogP contribution in [-0.2, 0) is 6.42 Å². The van der Waals surface area contributed by atoms with Crippen molar-refractivity contribution >= 4 is 0 Å². The van der Waals surface area contributed by atoms with Gasteiger partial charge in [0.2, 0.25) is 0 Å². The van der Waals surface area contributed by atoms with Gasteiger partial charge in [0, 0.05) is 0 Å². The van der Waals surface area contributed by atoms with Crippen LogP contribution in [0.1, 0.15) is 25.3 Å². The molecule has 3 heteroatoms. The third-order valence-corrected chi connectivity index (χ3v) is 2.85. The second kappa shape index (κ2) is 4.19. The zero-order valence-corrected chi connectivity index (χ0v) is 8.74. The molecule has 0 aromatic heterocycles. The summed E-state index contributed by atoms with van der Waals surface area (Å²) in [4.78, 5) is 0. The molecule has 1 aromatic rings. The molecule has 0 bridgehead atoms. The molecule has 1 aliphatic heterocycles. The highest BCUT2D eigenvalue weighted by atomic mass is 19.1. The lowest BCUT2D eigenvalue weighted by atomic mass is 9.98. The summed E-state index contributed by atoms with van der Waals surface area (Å²) in [5, 5.41) is 9.66. The largest absolute Gasteiger partial charge is 0.487 e. The first-order valence-corrected chi connectivity index (χ1v) is 5.34. The predicted molar refractivity (Wildman–Crippen MR) is 55.4 cm³/mol. The average molecular weight is 210 g/mol. The smallest absolute Gasteiger partial charge is 0.125 e. The Morgan fingerprint density at radius 2 is 2.40 bits per heavy atom. The average Bonchev–Trinajstić information content (AvgIpc) is 2.27. The number of hydrogen-bond donors (Lipinski definition) is 1. The molecule has 0 fully saturated rings. The molecule has 0 saturated carbocycles. The molecule has 2 atom stereocenters. The van der Waals surface area contributed by atoms with E-state index in [4.69, 9.17) is 4.74 Å². The minimum atomic E-state index is -0.428. The van der Waals surface area contributed by atoms with E-state index in [1.807, 2.05) is 6.92 Å². The van der Waals surface area contributed by atoms with E-state index >= 15 is 0 Å². The fourth-order valence-electron chi connectivity index (χ4n) is 1.91. The van der Waals surface area contributed by atoms with Crippen molar-refractivity contribution in [3.05, 3.63) is 29.6 Å². The summed E-state index contributed by atoms with van der Waals surface area (Å²) in [6.45, 7) is 1.92. The van der Waals surface area contributed by atoms with Crippen LogP contribution in [-0.4, -0.2) is 17.3 Å². The van der Waals surface area contributed by atoms with Crippen LogP contribution in [0.4, 0.5) is 4.39 Å². The minimum Gasteiger partial charge on any atom is -0.487 e. The maximum Gasteiger partial charge on any atom is 0.125 e. The van der Waals surface area contributed by atoms with Crippen LogP contribution >= 0.6 is 0 Å². The SMILES string of the molecule is CC[C@H](O)C1CCc2cc(F)ccc2O1. The van der Waals surface area contributed by atoms with E-state index in [1.54, 1.807) is 6.07 Å². The van der Waals surface area contributed by atoms with Gasteiger partial charge < -0.3 is 9.84 Å². The molecule has 2 nitrogen and oxygen atoms in total. The maximum absolute atomic E-state index is 12.9. The molecular formula is C12H15FO2. The number of ether oxygens (including phenoxy) is 1. The molecule has 1 aromatic carbocycles. The van der Waals surface area contributed by atoms with Crippen molar-refractivity contribution in [1.82, 2.24) is 0 Å². The third kappa shape index (κ3) is 2.12. The van der Waals surface area contributed by atoms with Crippen LogP contribution in [0.3, 0.4) is 0 Å². The molecule has 1 N–H and O–H groups in total. The van der Waals surface area contributed by atoms with Gasteiger partial charge in [0.1, 0.15) is 17.7 Å². The molecule has 0 radical (unpaired) electrons. The Morgan fingerprint density at radius 3 is 3.13 bits per heavy atom. The van der Waals surface area contributed by atoms with Crippen molar-refractivity contribution in [1.29, 1.82) is 0 Å². The summed E-state index contributed by atoms with van der Waals surface area (Å²) in [5.74, 6) is 0.479. The van der Waals surface area contributed by atoms with Crippen LogP contribution in [0.15, 0.2) is 18.2 Å². The molecule has 1 heterocycles. The molecule has 82 valence electrons. The summed E-state index contributed by atoms with van der Waals surface area (Å²) < 4.78 is 18.5. The molecule has 1 unspecified atom stereocenters. The van der Waals surface area contributed by atoms with E-state index in [1.165, 1.54) is 12.1 Å². The van der Waals surface area contributed by atoms with Gasteiger partial charge in [-0.25, -0.2) is 4.39 Å². The fourth-order valence-corrected chi connectivity index (χ4v) is 1.91. The number of aliphatic hydroxyl groups excluding tert-OH is 1. The minimum absolute atomic E-state index is 0.145. The maximum atomic E-state index is 12.9. The first-order valence-electron chi connectivity index (χ1n) is 5.34. The van der Waals surface area contributed by atoms with Crippen LogP contribution in [0.2, 0.25) is 0 Å². The topological polar surface area (TPSA) is 29.5 Å². The van der Waals surface area contributed by atoms with E-state index in [-0.39, 0.29) is 11.9 Å². The van der Waals surface area contributed by atoms with E-state index in [0.29, 0.717) is 12.2 Å². The zero-order chi connectivity index (χ0) is 10.8. The van der Waals surface area contributed by atoms with Gasteiger partial charge in [0.25, 0.3) is 0 Å². The standard InChI is InChI=1S/C12H15FO2/c1-2-10(14)12-5-3-8-7-9(13)4-6-11(8)15-12/h4,6-7,10,12,14H,2-3,5H2,1H3/t10-,12?/m0/s1. The van der Waals surface area contributed by atoms with Gasteiger partial charge in [0.05, 0.1) is 6.10 Å². The van der Waals surface area contributed by atoms with Gasteiger partial charge in [-0.1, -0.05) is 6.92 Å². The zero-order valence-electron chi connectivity index (χ0n) is 8.74. The summed E-state index contributed by atoms with van der Waals surface area (Å²) in [7, 11) is 0. The number of aryl methyl sites for hydroxylation is 1. The Bertz CT molecular complexity index is 351. The normalized spacial score (nSPS) is 21.7. The molecule has 2 rings (SSSR count). The molecule has 0 amide bonds. The molecular weight excluding hydrogens is 195 g/mol. The predicted octanol–water partition coefficient (Wildman–Crippen LogP) is 2.29. The van der Waals surface area contributed by atoms with Crippen molar-refractivity contribution in [3.8, 4) is 5.75 Å². The van der Waals surface area contributed by atoms with Crippen LogP contribution < -0.4 is 4.74 Å². The van der Waals surface area contributed by atoms with Crippen LogP contribution in [0.25, 0.3) is 0 Å². The van der Waals surface area contributed by atoms with E-state index in [9.17, 15) is 9.50 Å². The Hall–Kier alpha value is -1.09. The second-order valence-corrected chi connectivity index (χ2v) is 3.92. The van der Waals surface area contributed by atoms with Crippen LogP contribution in [0, 0.1) is 5.82 Å². The molecule has 1 aliphatic rings. The lowest BCUT2D eigenvalue weighted by molar-refractivity contribution is 0.0219.